The summed E-state index contributed by atoms with van der Waals surface area (Å²) >= 11 is 11.2. The lowest BCUT2D eigenvalue weighted by atomic mass is 9.87. The SMILES string of the molecule is CC1=CC(C)(C)N(C)c2cc(C)c(/C=C3/C(=O)NC(=S)N(c4ccc(Cl)cc4)C3=O)cc21. The number of fused-ring (bicyclic) bond motifs is 1. The molecular weight excluding hydrogens is 442 g/mol. The van der Waals surface area contributed by atoms with Crippen molar-refractivity contribution in [2.24, 2.45) is 0 Å². The van der Waals surface area contributed by atoms with Crippen LogP contribution in [0.4, 0.5) is 11.4 Å². The van der Waals surface area contributed by atoms with Crippen molar-refractivity contribution in [3.8, 4) is 0 Å². The van der Waals surface area contributed by atoms with Crippen molar-refractivity contribution >= 4 is 63.8 Å². The number of likely N-dealkylation sites (N-methyl/N-ethyl adjacent to an activating group) is 1. The lowest BCUT2D eigenvalue weighted by Gasteiger charge is -2.41. The minimum absolute atomic E-state index is 0.0303. The van der Waals surface area contributed by atoms with Gasteiger partial charge < -0.3 is 4.90 Å². The molecule has 1 N–H and O–H groups in total. The number of hydrogen-bond acceptors (Lipinski definition) is 4. The first kappa shape index (κ1) is 22.2. The van der Waals surface area contributed by atoms with Gasteiger partial charge in [-0.15, -0.1) is 0 Å². The van der Waals surface area contributed by atoms with Gasteiger partial charge in [0.1, 0.15) is 5.57 Å². The predicted molar refractivity (Wildman–Crippen MR) is 135 cm³/mol. The zero-order chi connectivity index (χ0) is 23.4. The molecule has 0 bridgehead atoms. The average Bonchev–Trinajstić information content (AvgIpc) is 2.71. The van der Waals surface area contributed by atoms with Gasteiger partial charge in [-0.2, -0.15) is 0 Å². The Morgan fingerprint density at radius 3 is 2.41 bits per heavy atom. The zero-order valence-electron chi connectivity index (χ0n) is 18.6. The Morgan fingerprint density at radius 2 is 1.75 bits per heavy atom. The van der Waals surface area contributed by atoms with Gasteiger partial charge in [-0.25, -0.2) is 0 Å². The third kappa shape index (κ3) is 3.74. The molecule has 4 rings (SSSR count). The van der Waals surface area contributed by atoms with Crippen LogP contribution in [-0.2, 0) is 9.59 Å². The van der Waals surface area contributed by atoms with Gasteiger partial charge in [-0.1, -0.05) is 17.7 Å². The maximum Gasteiger partial charge on any atom is 0.270 e. The fourth-order valence-electron chi connectivity index (χ4n) is 4.11. The molecule has 164 valence electrons. The summed E-state index contributed by atoms with van der Waals surface area (Å²) in [4.78, 5) is 29.5. The summed E-state index contributed by atoms with van der Waals surface area (Å²) in [5.74, 6) is -0.975. The van der Waals surface area contributed by atoms with Crippen LogP contribution in [0.3, 0.4) is 0 Å². The van der Waals surface area contributed by atoms with E-state index in [1.165, 1.54) is 4.90 Å². The Labute approximate surface area is 198 Å². The van der Waals surface area contributed by atoms with E-state index in [1.54, 1.807) is 30.3 Å². The fraction of sp³-hybridized carbons (Fsp3) is 0.240. The molecule has 0 radical (unpaired) electrons. The number of nitrogens with one attached hydrogen (secondary N) is 1. The third-order valence-electron chi connectivity index (χ3n) is 6.09. The molecule has 1 saturated heterocycles. The molecule has 7 heteroatoms. The molecule has 2 aromatic rings. The Bertz CT molecular complexity index is 1230. The quantitative estimate of drug-likeness (QED) is 0.380. The molecule has 2 aromatic carbocycles. The van der Waals surface area contributed by atoms with Crippen molar-refractivity contribution in [2.45, 2.75) is 33.2 Å². The number of carbonyl (C=O) groups is 2. The summed E-state index contributed by atoms with van der Waals surface area (Å²) in [5.41, 5.74) is 5.62. The number of carbonyl (C=O) groups excluding carboxylic acids is 2. The van der Waals surface area contributed by atoms with Crippen molar-refractivity contribution < 1.29 is 9.59 Å². The van der Waals surface area contributed by atoms with E-state index in [2.05, 4.69) is 50.2 Å². The van der Waals surface area contributed by atoms with Crippen molar-refractivity contribution in [1.82, 2.24) is 5.32 Å². The number of rotatable bonds is 2. The molecule has 2 aliphatic rings. The lowest BCUT2D eigenvalue weighted by Crippen LogP contribution is -2.54. The largest absolute Gasteiger partial charge is 0.365 e. The number of amides is 2. The topological polar surface area (TPSA) is 52.7 Å². The Balaban J connectivity index is 1.78. The van der Waals surface area contributed by atoms with Gasteiger partial charge >= 0.3 is 0 Å². The molecule has 32 heavy (non-hydrogen) atoms. The maximum atomic E-state index is 13.3. The van der Waals surface area contributed by atoms with Crippen LogP contribution in [0.25, 0.3) is 11.6 Å². The molecule has 1 fully saturated rings. The number of allylic oxidation sites excluding steroid dienone is 1. The van der Waals surface area contributed by atoms with E-state index in [0.717, 1.165) is 28.0 Å². The van der Waals surface area contributed by atoms with Gasteiger partial charge in [0.05, 0.1) is 11.2 Å². The molecule has 2 heterocycles. The number of aryl methyl sites for hydroxylation is 1. The Hall–Kier alpha value is -2.96. The Kier molecular flexibility index (Phi) is 5.47. The summed E-state index contributed by atoms with van der Waals surface area (Å²) in [6.45, 7) is 8.40. The third-order valence-corrected chi connectivity index (χ3v) is 6.63. The first-order chi connectivity index (χ1) is 15.0. The smallest absolute Gasteiger partial charge is 0.270 e. The molecular formula is C25H24ClN3O2S. The number of thiocarbonyl (C=S) groups is 1. The highest BCUT2D eigenvalue weighted by Gasteiger charge is 2.35. The van der Waals surface area contributed by atoms with Crippen LogP contribution in [0.5, 0.6) is 0 Å². The van der Waals surface area contributed by atoms with Crippen LogP contribution in [-0.4, -0.2) is 29.5 Å². The molecule has 0 unspecified atom stereocenters. The number of halogens is 1. The van der Waals surface area contributed by atoms with E-state index >= 15 is 0 Å². The number of hydrogen-bond donors (Lipinski definition) is 1. The first-order valence-corrected chi connectivity index (χ1v) is 11.0. The second-order valence-corrected chi connectivity index (χ2v) is 9.52. The lowest BCUT2D eigenvalue weighted by molar-refractivity contribution is -0.122. The van der Waals surface area contributed by atoms with Crippen LogP contribution in [0.2, 0.25) is 5.02 Å². The van der Waals surface area contributed by atoms with Gasteiger partial charge in [-0.05, 0) is 99.1 Å². The van der Waals surface area contributed by atoms with Crippen molar-refractivity contribution in [1.29, 1.82) is 0 Å². The molecule has 2 amide bonds. The van der Waals surface area contributed by atoms with Crippen LogP contribution in [0, 0.1) is 6.92 Å². The molecule has 2 aliphatic heterocycles. The highest BCUT2D eigenvalue weighted by Crippen LogP contribution is 2.39. The van der Waals surface area contributed by atoms with Crippen molar-refractivity contribution in [3.05, 3.63) is 69.8 Å². The van der Waals surface area contributed by atoms with Crippen LogP contribution < -0.4 is 15.1 Å². The zero-order valence-corrected chi connectivity index (χ0v) is 20.2. The van der Waals surface area contributed by atoms with Crippen LogP contribution in [0.1, 0.15) is 37.5 Å². The highest BCUT2D eigenvalue weighted by atomic mass is 35.5. The average molecular weight is 466 g/mol. The van der Waals surface area contributed by atoms with Gasteiger partial charge in [0.25, 0.3) is 11.8 Å². The van der Waals surface area contributed by atoms with Gasteiger partial charge in [0.15, 0.2) is 5.11 Å². The predicted octanol–water partition coefficient (Wildman–Crippen LogP) is 5.11. The summed E-state index contributed by atoms with van der Waals surface area (Å²) in [7, 11) is 2.07. The highest BCUT2D eigenvalue weighted by molar-refractivity contribution is 7.80. The minimum Gasteiger partial charge on any atom is -0.365 e. The monoisotopic (exact) mass is 465 g/mol. The summed E-state index contributed by atoms with van der Waals surface area (Å²) in [5, 5.41) is 3.22. The molecule has 5 nitrogen and oxygen atoms in total. The normalized spacial score (nSPS) is 19.1. The number of anilines is 2. The van der Waals surface area contributed by atoms with Crippen LogP contribution in [0.15, 0.2) is 48.0 Å². The molecule has 0 atom stereocenters. The van der Waals surface area contributed by atoms with E-state index in [4.69, 9.17) is 23.8 Å². The molecule has 0 spiro atoms. The first-order valence-electron chi connectivity index (χ1n) is 10.2. The van der Waals surface area contributed by atoms with Gasteiger partial charge in [0.2, 0.25) is 0 Å². The van der Waals surface area contributed by atoms with E-state index in [0.29, 0.717) is 10.7 Å². The number of nitrogens with zero attached hydrogens (tertiary/aromatic N) is 2. The molecule has 0 saturated carbocycles. The van der Waals surface area contributed by atoms with E-state index in [9.17, 15) is 9.59 Å². The summed E-state index contributed by atoms with van der Waals surface area (Å²) in [6.07, 6.45) is 3.87. The second-order valence-electron chi connectivity index (χ2n) is 8.70. The minimum atomic E-state index is -0.507. The maximum absolute atomic E-state index is 13.3. The Morgan fingerprint density at radius 1 is 1.09 bits per heavy atom. The second kappa shape index (κ2) is 7.87. The van der Waals surface area contributed by atoms with E-state index < -0.39 is 11.8 Å². The standard InChI is InChI=1S/C25H24ClN3O2S/c1-14-10-21-19(15(2)13-25(3,4)28(21)5)11-16(14)12-20-22(30)27-24(32)29(23(20)31)18-8-6-17(26)7-9-18/h6-13H,1-5H3,(H,27,30,32)/b20-12-. The van der Waals surface area contributed by atoms with E-state index in [1.807, 2.05) is 13.0 Å². The molecule has 0 aromatic heterocycles. The fourth-order valence-corrected chi connectivity index (χ4v) is 4.52. The van der Waals surface area contributed by atoms with Crippen LogP contribution >= 0.6 is 23.8 Å². The molecule has 0 aliphatic carbocycles. The number of benzene rings is 2. The summed E-state index contributed by atoms with van der Waals surface area (Å²) < 4.78 is 0. The van der Waals surface area contributed by atoms with Crippen molar-refractivity contribution in [2.75, 3.05) is 16.8 Å². The summed E-state index contributed by atoms with van der Waals surface area (Å²) in [6, 6.07) is 10.9. The van der Waals surface area contributed by atoms with Gasteiger partial charge in [0, 0.05) is 23.3 Å². The van der Waals surface area contributed by atoms with Gasteiger partial charge in [-0.3, -0.25) is 19.8 Å². The van der Waals surface area contributed by atoms with E-state index in [-0.39, 0.29) is 16.2 Å². The van der Waals surface area contributed by atoms with Crippen molar-refractivity contribution in [3.63, 3.8) is 0 Å².